The Labute approximate surface area is 211 Å². The predicted molar refractivity (Wildman–Crippen MR) is 141 cm³/mol. The van der Waals surface area contributed by atoms with E-state index in [0.29, 0.717) is 18.4 Å². The average molecular weight is 493 g/mol. The normalized spacial score (nSPS) is 22.3. The number of nitrogens with zero attached hydrogens (tertiary/aromatic N) is 2. The topological polar surface area (TPSA) is 41.9 Å². The average Bonchev–Trinajstić information content (AvgIpc) is 3.19. The number of amidine groups is 1. The van der Waals surface area contributed by atoms with Crippen LogP contribution in [-0.2, 0) is 11.4 Å². The van der Waals surface area contributed by atoms with Crippen molar-refractivity contribution in [3.05, 3.63) is 70.4 Å². The lowest BCUT2D eigenvalue weighted by Gasteiger charge is -2.31. The van der Waals surface area contributed by atoms with Gasteiger partial charge in [0, 0.05) is 6.04 Å². The first-order valence-electron chi connectivity index (χ1n) is 12.9. The number of thioether (sulfide) groups is 1. The molecule has 3 fully saturated rings. The summed E-state index contributed by atoms with van der Waals surface area (Å²) >= 11 is 1.54. The number of hydrogen-bond donors (Lipinski definition) is 0. The lowest BCUT2D eigenvalue weighted by Crippen LogP contribution is -2.41. The third-order valence-electron chi connectivity index (χ3n) is 7.12. The van der Waals surface area contributed by atoms with Crippen LogP contribution in [0.3, 0.4) is 0 Å². The van der Waals surface area contributed by atoms with E-state index in [1.807, 2.05) is 41.3 Å². The van der Waals surface area contributed by atoms with E-state index >= 15 is 0 Å². The van der Waals surface area contributed by atoms with E-state index in [2.05, 4.69) is 0 Å². The van der Waals surface area contributed by atoms with Crippen LogP contribution in [0.4, 0.5) is 4.39 Å². The molecule has 184 valence electrons. The molecule has 3 aliphatic rings. The second kappa shape index (κ2) is 11.4. The Bertz CT molecular complexity index is 1090. The predicted octanol–water partition coefficient (Wildman–Crippen LogP) is 7.34. The minimum atomic E-state index is -0.263. The number of ether oxygens (including phenoxy) is 1. The van der Waals surface area contributed by atoms with Gasteiger partial charge in [-0.2, -0.15) is 0 Å². The van der Waals surface area contributed by atoms with Crippen molar-refractivity contribution in [2.24, 2.45) is 4.99 Å². The molecule has 4 nitrogen and oxygen atoms in total. The van der Waals surface area contributed by atoms with Gasteiger partial charge in [-0.15, -0.1) is 0 Å². The standard InChI is InChI=1S/C29H33FN2O2S/c30-23-9-7-8-22(18-23)20-34-26-16-14-21(15-17-26)19-27-28(33)32(25-12-5-2-6-13-25)29(35-27)31-24-10-3-1-4-11-24/h7-9,14-19,24-25H,1-6,10-13,20H2. The molecule has 1 amide bonds. The Kier molecular flexibility index (Phi) is 7.87. The smallest absolute Gasteiger partial charge is 0.266 e. The van der Waals surface area contributed by atoms with Crippen molar-refractivity contribution in [2.75, 3.05) is 0 Å². The molecule has 0 bridgehead atoms. The van der Waals surface area contributed by atoms with Crippen LogP contribution in [0.25, 0.3) is 6.08 Å². The number of rotatable bonds is 6. The molecule has 0 unspecified atom stereocenters. The molecule has 2 aromatic carbocycles. The third kappa shape index (κ3) is 6.16. The molecule has 0 N–H and O–H groups in total. The molecule has 1 aliphatic heterocycles. The van der Waals surface area contributed by atoms with Crippen molar-refractivity contribution in [3.8, 4) is 5.75 Å². The van der Waals surface area contributed by atoms with Crippen molar-refractivity contribution in [2.45, 2.75) is 82.9 Å². The highest BCUT2D eigenvalue weighted by Gasteiger charge is 2.39. The Morgan fingerprint density at radius 3 is 2.40 bits per heavy atom. The SMILES string of the molecule is O=C1C(=Cc2ccc(OCc3cccc(F)c3)cc2)SC(=NC2CCCCC2)N1C1CCCCC1. The molecule has 1 saturated heterocycles. The van der Waals surface area contributed by atoms with Crippen LogP contribution in [0, 0.1) is 5.82 Å². The fraction of sp³-hybridized carbons (Fsp3) is 0.448. The number of halogens is 1. The Morgan fingerprint density at radius 1 is 0.971 bits per heavy atom. The number of hydrogen-bond acceptors (Lipinski definition) is 4. The van der Waals surface area contributed by atoms with Gasteiger partial charge in [-0.3, -0.25) is 14.7 Å². The van der Waals surface area contributed by atoms with Gasteiger partial charge in [0.25, 0.3) is 5.91 Å². The van der Waals surface area contributed by atoms with Crippen LogP contribution in [0.5, 0.6) is 5.75 Å². The Hall–Kier alpha value is -2.60. The van der Waals surface area contributed by atoms with Gasteiger partial charge in [-0.1, -0.05) is 62.8 Å². The molecule has 2 aromatic rings. The molecule has 2 aliphatic carbocycles. The van der Waals surface area contributed by atoms with Crippen molar-refractivity contribution in [1.82, 2.24) is 4.90 Å². The third-order valence-corrected chi connectivity index (χ3v) is 8.11. The van der Waals surface area contributed by atoms with E-state index in [4.69, 9.17) is 9.73 Å². The summed E-state index contributed by atoms with van der Waals surface area (Å²) in [7, 11) is 0. The summed E-state index contributed by atoms with van der Waals surface area (Å²) in [5, 5.41) is 0.912. The number of carbonyl (C=O) groups is 1. The quantitative estimate of drug-likeness (QED) is 0.396. The van der Waals surface area contributed by atoms with Gasteiger partial charge in [0.2, 0.25) is 0 Å². The van der Waals surface area contributed by atoms with Gasteiger partial charge in [0.15, 0.2) is 5.17 Å². The molecule has 1 heterocycles. The van der Waals surface area contributed by atoms with Gasteiger partial charge in [0.05, 0.1) is 10.9 Å². The minimum Gasteiger partial charge on any atom is -0.489 e. The molecule has 35 heavy (non-hydrogen) atoms. The van der Waals surface area contributed by atoms with Gasteiger partial charge in [-0.25, -0.2) is 4.39 Å². The van der Waals surface area contributed by atoms with E-state index in [0.717, 1.165) is 46.9 Å². The molecule has 0 spiro atoms. The summed E-state index contributed by atoms with van der Waals surface area (Å²) in [6.07, 6.45) is 13.8. The second-order valence-electron chi connectivity index (χ2n) is 9.77. The van der Waals surface area contributed by atoms with Gasteiger partial charge in [0.1, 0.15) is 18.2 Å². The van der Waals surface area contributed by atoms with Crippen LogP contribution in [0.15, 0.2) is 58.4 Å². The van der Waals surface area contributed by atoms with Crippen molar-refractivity contribution >= 4 is 28.9 Å². The molecule has 0 radical (unpaired) electrons. The number of aliphatic imine (C=N–C) groups is 1. The van der Waals surface area contributed by atoms with Crippen molar-refractivity contribution < 1.29 is 13.9 Å². The monoisotopic (exact) mass is 492 g/mol. The van der Waals surface area contributed by atoms with E-state index in [1.54, 1.807) is 17.8 Å². The lowest BCUT2D eigenvalue weighted by atomic mass is 9.94. The van der Waals surface area contributed by atoms with Crippen molar-refractivity contribution in [3.63, 3.8) is 0 Å². The van der Waals surface area contributed by atoms with Gasteiger partial charge in [-0.05, 0) is 78.9 Å². The summed E-state index contributed by atoms with van der Waals surface area (Å²) in [6.45, 7) is 0.309. The molecular formula is C29H33FN2O2S. The van der Waals surface area contributed by atoms with Crippen LogP contribution in [0.1, 0.15) is 75.3 Å². The van der Waals surface area contributed by atoms with Gasteiger partial charge >= 0.3 is 0 Å². The molecule has 6 heteroatoms. The van der Waals surface area contributed by atoms with E-state index in [-0.39, 0.29) is 17.8 Å². The zero-order valence-electron chi connectivity index (χ0n) is 20.1. The maximum atomic E-state index is 13.5. The highest BCUT2D eigenvalue weighted by atomic mass is 32.2. The molecule has 0 aromatic heterocycles. The van der Waals surface area contributed by atoms with Gasteiger partial charge < -0.3 is 4.74 Å². The zero-order valence-corrected chi connectivity index (χ0v) is 20.9. The van der Waals surface area contributed by atoms with E-state index < -0.39 is 0 Å². The lowest BCUT2D eigenvalue weighted by molar-refractivity contribution is -0.124. The van der Waals surface area contributed by atoms with E-state index in [9.17, 15) is 9.18 Å². The Balaban J connectivity index is 1.30. The second-order valence-corrected chi connectivity index (χ2v) is 10.8. The fourth-order valence-electron chi connectivity index (χ4n) is 5.21. The zero-order chi connectivity index (χ0) is 24.0. The summed E-state index contributed by atoms with van der Waals surface area (Å²) in [6, 6.07) is 14.8. The summed E-state index contributed by atoms with van der Waals surface area (Å²) < 4.78 is 19.2. The molecule has 0 atom stereocenters. The summed E-state index contributed by atoms with van der Waals surface area (Å²) in [5.74, 6) is 0.550. The maximum Gasteiger partial charge on any atom is 0.266 e. The summed E-state index contributed by atoms with van der Waals surface area (Å²) in [4.78, 5) is 21.4. The number of amides is 1. The first-order chi connectivity index (χ1) is 17.2. The summed E-state index contributed by atoms with van der Waals surface area (Å²) in [5.41, 5.74) is 1.75. The maximum absolute atomic E-state index is 13.5. The van der Waals surface area contributed by atoms with Crippen molar-refractivity contribution in [1.29, 1.82) is 0 Å². The Morgan fingerprint density at radius 2 is 1.69 bits per heavy atom. The molecule has 5 rings (SSSR count). The first-order valence-corrected chi connectivity index (χ1v) is 13.8. The van der Waals surface area contributed by atoms with Crippen LogP contribution < -0.4 is 4.74 Å². The highest BCUT2D eigenvalue weighted by molar-refractivity contribution is 8.18. The largest absolute Gasteiger partial charge is 0.489 e. The fourth-order valence-corrected chi connectivity index (χ4v) is 6.32. The van der Waals surface area contributed by atoms with Crippen LogP contribution in [-0.4, -0.2) is 28.1 Å². The van der Waals surface area contributed by atoms with E-state index in [1.165, 1.54) is 50.7 Å². The first kappa shape index (κ1) is 24.1. The van der Waals surface area contributed by atoms with Crippen LogP contribution in [0.2, 0.25) is 0 Å². The molecule has 2 saturated carbocycles. The number of benzene rings is 2. The van der Waals surface area contributed by atoms with Crippen LogP contribution >= 0.6 is 11.8 Å². The highest BCUT2D eigenvalue weighted by Crippen LogP contribution is 2.38. The number of carbonyl (C=O) groups excluding carboxylic acids is 1. The molecular weight excluding hydrogens is 459 g/mol. The minimum absolute atomic E-state index is 0.0999.